The number of aliphatic imine (C=N–C) groups is 1. The molecule has 0 radical (unpaired) electrons. The molecule has 152 valence electrons. The van der Waals surface area contributed by atoms with Crippen LogP contribution in [0.3, 0.4) is 0 Å². The number of likely N-dealkylation sites (N-methyl/N-ethyl adjacent to an activating group) is 1. The van der Waals surface area contributed by atoms with Crippen LogP contribution in [0.4, 0.5) is 19.0 Å². The van der Waals surface area contributed by atoms with Crippen LogP contribution in [0.5, 0.6) is 0 Å². The Morgan fingerprint density at radius 3 is 2.74 bits per heavy atom. The predicted molar refractivity (Wildman–Crippen MR) is 102 cm³/mol. The highest BCUT2D eigenvalue weighted by Gasteiger charge is 2.30. The number of nitrogens with one attached hydrogen (secondary N) is 3. The van der Waals surface area contributed by atoms with E-state index in [2.05, 4.69) is 37.8 Å². The molecule has 1 atom stereocenters. The third-order valence-corrected chi connectivity index (χ3v) is 4.68. The second-order valence-electron chi connectivity index (χ2n) is 6.51. The first-order valence-electron chi connectivity index (χ1n) is 9.39. The normalized spacial score (nSPS) is 18.6. The van der Waals surface area contributed by atoms with Crippen LogP contribution < -0.4 is 16.0 Å². The summed E-state index contributed by atoms with van der Waals surface area (Å²) in [4.78, 5) is 10.5. The summed E-state index contributed by atoms with van der Waals surface area (Å²) in [6, 6.07) is 2.93. The van der Waals surface area contributed by atoms with Gasteiger partial charge in [0, 0.05) is 38.9 Å². The maximum absolute atomic E-state index is 12.5. The minimum absolute atomic E-state index is 0.436. The van der Waals surface area contributed by atoms with E-state index in [1.807, 2.05) is 0 Å². The molecule has 1 aromatic heterocycles. The standard InChI is InChI=1S/C18H29F3N6/c1-3-27-11-4-6-15(27)13-26-17(22-2)24-10-5-9-23-16-8-7-14(12-25-16)18(19,20)21/h7-8,12,15H,3-6,9-11,13H2,1-2H3,(H,23,25)(H2,22,24,26). The molecule has 1 aromatic rings. The fraction of sp³-hybridized carbons (Fsp3) is 0.667. The molecule has 1 aliphatic heterocycles. The van der Waals surface area contributed by atoms with E-state index in [0.717, 1.165) is 37.7 Å². The van der Waals surface area contributed by atoms with Gasteiger partial charge in [-0.05, 0) is 44.5 Å². The van der Waals surface area contributed by atoms with E-state index in [1.165, 1.54) is 25.5 Å². The van der Waals surface area contributed by atoms with Gasteiger partial charge in [0.2, 0.25) is 0 Å². The minimum Gasteiger partial charge on any atom is -0.370 e. The molecule has 0 bridgehead atoms. The Kier molecular flexibility index (Phi) is 8.15. The molecular formula is C18H29F3N6. The topological polar surface area (TPSA) is 64.6 Å². The van der Waals surface area contributed by atoms with E-state index in [9.17, 15) is 13.2 Å². The molecule has 2 heterocycles. The van der Waals surface area contributed by atoms with Gasteiger partial charge in [-0.1, -0.05) is 6.92 Å². The van der Waals surface area contributed by atoms with Crippen LogP contribution in [0.1, 0.15) is 31.7 Å². The highest BCUT2D eigenvalue weighted by atomic mass is 19.4. The molecule has 0 amide bonds. The Morgan fingerprint density at radius 2 is 2.11 bits per heavy atom. The zero-order chi connectivity index (χ0) is 19.7. The number of likely N-dealkylation sites (tertiary alicyclic amines) is 1. The van der Waals surface area contributed by atoms with E-state index in [4.69, 9.17) is 0 Å². The molecule has 6 nitrogen and oxygen atoms in total. The third kappa shape index (κ3) is 6.89. The fourth-order valence-corrected chi connectivity index (χ4v) is 3.16. The highest BCUT2D eigenvalue weighted by Crippen LogP contribution is 2.28. The van der Waals surface area contributed by atoms with Crippen LogP contribution in [0.2, 0.25) is 0 Å². The van der Waals surface area contributed by atoms with Crippen molar-refractivity contribution in [1.82, 2.24) is 20.5 Å². The first-order valence-corrected chi connectivity index (χ1v) is 9.39. The predicted octanol–water partition coefficient (Wildman–Crippen LogP) is 2.55. The lowest BCUT2D eigenvalue weighted by atomic mass is 10.2. The van der Waals surface area contributed by atoms with Crippen molar-refractivity contribution in [2.75, 3.05) is 45.1 Å². The second kappa shape index (κ2) is 10.3. The summed E-state index contributed by atoms with van der Waals surface area (Å²) in [5.41, 5.74) is -0.742. The quantitative estimate of drug-likeness (QED) is 0.364. The summed E-state index contributed by atoms with van der Waals surface area (Å²) in [6.07, 6.45) is -0.272. The summed E-state index contributed by atoms with van der Waals surface area (Å²) >= 11 is 0. The Bertz CT molecular complexity index is 588. The van der Waals surface area contributed by atoms with Crippen molar-refractivity contribution in [2.24, 2.45) is 4.99 Å². The fourth-order valence-electron chi connectivity index (χ4n) is 3.16. The molecule has 3 N–H and O–H groups in total. The molecule has 1 aliphatic rings. The average Bonchev–Trinajstić information content (AvgIpc) is 3.11. The third-order valence-electron chi connectivity index (χ3n) is 4.68. The Labute approximate surface area is 158 Å². The van der Waals surface area contributed by atoms with Gasteiger partial charge in [0.15, 0.2) is 5.96 Å². The van der Waals surface area contributed by atoms with Crippen LogP contribution in [0, 0.1) is 0 Å². The molecule has 0 spiro atoms. The molecule has 0 aliphatic carbocycles. The number of halogens is 3. The summed E-state index contributed by atoms with van der Waals surface area (Å²) in [5.74, 6) is 1.21. The average molecular weight is 386 g/mol. The van der Waals surface area contributed by atoms with Gasteiger partial charge < -0.3 is 16.0 Å². The maximum Gasteiger partial charge on any atom is 0.417 e. The number of hydrogen-bond acceptors (Lipinski definition) is 4. The minimum atomic E-state index is -4.36. The summed E-state index contributed by atoms with van der Waals surface area (Å²) in [7, 11) is 1.74. The number of pyridine rings is 1. The number of anilines is 1. The molecule has 0 saturated carbocycles. The van der Waals surface area contributed by atoms with E-state index < -0.39 is 11.7 Å². The van der Waals surface area contributed by atoms with Crippen molar-refractivity contribution < 1.29 is 13.2 Å². The molecule has 1 fully saturated rings. The molecule has 1 unspecified atom stereocenters. The Hall–Kier alpha value is -2.03. The summed E-state index contributed by atoms with van der Waals surface area (Å²) < 4.78 is 37.5. The lowest BCUT2D eigenvalue weighted by Gasteiger charge is -2.24. The van der Waals surface area contributed by atoms with E-state index in [-0.39, 0.29) is 0 Å². The SMILES string of the molecule is CCN1CCCC1CNC(=NC)NCCCNc1ccc(C(F)(F)F)cn1. The summed E-state index contributed by atoms with van der Waals surface area (Å²) in [6.45, 7) is 6.61. The van der Waals surface area contributed by atoms with Crippen LogP contribution in [0.25, 0.3) is 0 Å². The highest BCUT2D eigenvalue weighted by molar-refractivity contribution is 5.79. The number of rotatable bonds is 8. The van der Waals surface area contributed by atoms with Crippen molar-refractivity contribution in [3.63, 3.8) is 0 Å². The van der Waals surface area contributed by atoms with Gasteiger partial charge >= 0.3 is 6.18 Å². The van der Waals surface area contributed by atoms with Gasteiger partial charge in [-0.2, -0.15) is 13.2 Å². The molecule has 2 rings (SSSR count). The summed E-state index contributed by atoms with van der Waals surface area (Å²) in [5, 5.41) is 9.64. The van der Waals surface area contributed by atoms with Gasteiger partial charge in [0.25, 0.3) is 0 Å². The van der Waals surface area contributed by atoms with Crippen LogP contribution >= 0.6 is 0 Å². The number of guanidine groups is 1. The van der Waals surface area contributed by atoms with Crippen molar-refractivity contribution in [1.29, 1.82) is 0 Å². The molecule has 27 heavy (non-hydrogen) atoms. The van der Waals surface area contributed by atoms with Gasteiger partial charge in [-0.3, -0.25) is 9.89 Å². The first-order chi connectivity index (χ1) is 12.9. The van der Waals surface area contributed by atoms with E-state index >= 15 is 0 Å². The molecule has 9 heteroatoms. The number of alkyl halides is 3. The van der Waals surface area contributed by atoms with Crippen LogP contribution in [-0.4, -0.2) is 61.7 Å². The lowest BCUT2D eigenvalue weighted by Crippen LogP contribution is -2.45. The zero-order valence-electron chi connectivity index (χ0n) is 15.9. The number of aromatic nitrogens is 1. The van der Waals surface area contributed by atoms with Gasteiger partial charge in [-0.15, -0.1) is 0 Å². The lowest BCUT2D eigenvalue weighted by molar-refractivity contribution is -0.137. The van der Waals surface area contributed by atoms with Crippen LogP contribution in [0.15, 0.2) is 23.3 Å². The van der Waals surface area contributed by atoms with E-state index in [0.29, 0.717) is 24.9 Å². The molecule has 0 aromatic carbocycles. The Morgan fingerprint density at radius 1 is 1.30 bits per heavy atom. The van der Waals surface area contributed by atoms with Crippen LogP contribution in [-0.2, 0) is 6.18 Å². The van der Waals surface area contributed by atoms with Crippen molar-refractivity contribution >= 4 is 11.8 Å². The van der Waals surface area contributed by atoms with Gasteiger partial charge in [0.05, 0.1) is 5.56 Å². The molecular weight excluding hydrogens is 357 g/mol. The number of hydrogen-bond donors (Lipinski definition) is 3. The van der Waals surface area contributed by atoms with Crippen molar-refractivity contribution in [2.45, 2.75) is 38.4 Å². The maximum atomic E-state index is 12.5. The molecule has 1 saturated heterocycles. The second-order valence-corrected chi connectivity index (χ2v) is 6.51. The van der Waals surface area contributed by atoms with Gasteiger partial charge in [0.1, 0.15) is 5.82 Å². The monoisotopic (exact) mass is 386 g/mol. The van der Waals surface area contributed by atoms with Crippen molar-refractivity contribution in [3.05, 3.63) is 23.9 Å². The number of nitrogens with zero attached hydrogens (tertiary/aromatic N) is 3. The first kappa shape index (κ1) is 21.3. The van der Waals surface area contributed by atoms with Gasteiger partial charge in [-0.25, -0.2) is 4.98 Å². The smallest absolute Gasteiger partial charge is 0.370 e. The van der Waals surface area contributed by atoms with Crippen molar-refractivity contribution in [3.8, 4) is 0 Å². The Balaban J connectivity index is 1.62. The van der Waals surface area contributed by atoms with E-state index in [1.54, 1.807) is 7.05 Å². The largest absolute Gasteiger partial charge is 0.417 e. The zero-order valence-corrected chi connectivity index (χ0v) is 15.9.